The normalized spacial score (nSPS) is 11.8. The molecule has 0 aliphatic heterocycles. The molecule has 114 valence electrons. The van der Waals surface area contributed by atoms with Crippen molar-refractivity contribution >= 4 is 33.2 Å². The zero-order valence-corrected chi connectivity index (χ0v) is 13.1. The topological polar surface area (TPSA) is 105 Å². The third kappa shape index (κ3) is 3.72. The van der Waals surface area contributed by atoms with Crippen LogP contribution in [0, 0.1) is 6.92 Å². The molecule has 1 heterocycles. The number of hydrogen-bond donors (Lipinski definition) is 2. The lowest BCUT2D eigenvalue weighted by molar-refractivity contribution is 0.281. The largest absolute Gasteiger partial charge is 0.392 e. The molecule has 0 saturated heterocycles. The molecule has 0 unspecified atom stereocenters. The molecular weight excluding hydrogens is 341 g/mol. The number of aryl methyl sites for hydroxylation is 1. The Morgan fingerprint density at radius 3 is 2.67 bits per heavy atom. The van der Waals surface area contributed by atoms with Gasteiger partial charge in [-0.15, -0.1) is 0 Å². The van der Waals surface area contributed by atoms with E-state index in [0.717, 1.165) is 0 Å². The molecular formula is C11H11Cl2N3O4S. The average molecular weight is 352 g/mol. The van der Waals surface area contributed by atoms with E-state index in [1.54, 1.807) is 6.92 Å². The van der Waals surface area contributed by atoms with Gasteiger partial charge in [-0.1, -0.05) is 28.4 Å². The Morgan fingerprint density at radius 1 is 1.38 bits per heavy atom. The van der Waals surface area contributed by atoms with Crippen LogP contribution in [0.4, 0.5) is 0 Å². The SMILES string of the molecule is Cc1noc(CNS(=O)(=O)c2cc(Cl)cc(CO)c2Cl)n1. The van der Waals surface area contributed by atoms with E-state index in [2.05, 4.69) is 14.9 Å². The first-order valence-corrected chi connectivity index (χ1v) is 7.95. The van der Waals surface area contributed by atoms with Crippen LogP contribution in [0.3, 0.4) is 0 Å². The number of sulfonamides is 1. The van der Waals surface area contributed by atoms with Crippen molar-refractivity contribution in [2.45, 2.75) is 25.0 Å². The van der Waals surface area contributed by atoms with Gasteiger partial charge in [0.25, 0.3) is 0 Å². The summed E-state index contributed by atoms with van der Waals surface area (Å²) in [6.07, 6.45) is 0. The molecule has 0 saturated carbocycles. The summed E-state index contributed by atoms with van der Waals surface area (Å²) >= 11 is 11.8. The van der Waals surface area contributed by atoms with Crippen molar-refractivity contribution in [3.8, 4) is 0 Å². The third-order valence-electron chi connectivity index (χ3n) is 2.52. The summed E-state index contributed by atoms with van der Waals surface area (Å²) in [6, 6.07) is 2.59. The van der Waals surface area contributed by atoms with Gasteiger partial charge in [0, 0.05) is 5.02 Å². The highest BCUT2D eigenvalue weighted by Gasteiger charge is 2.21. The van der Waals surface area contributed by atoms with Crippen LogP contribution in [0.5, 0.6) is 0 Å². The highest BCUT2D eigenvalue weighted by molar-refractivity contribution is 7.89. The minimum atomic E-state index is -3.94. The molecule has 21 heavy (non-hydrogen) atoms. The number of nitrogens with zero attached hydrogens (tertiary/aromatic N) is 2. The molecule has 2 rings (SSSR count). The van der Waals surface area contributed by atoms with Gasteiger partial charge in [0.15, 0.2) is 5.82 Å². The minimum absolute atomic E-state index is 0.0869. The summed E-state index contributed by atoms with van der Waals surface area (Å²) in [5.41, 5.74) is 0.221. The molecule has 0 aliphatic carbocycles. The summed E-state index contributed by atoms with van der Waals surface area (Å²) in [7, 11) is -3.94. The Kier molecular flexibility index (Phi) is 4.84. The Morgan fingerprint density at radius 2 is 2.10 bits per heavy atom. The van der Waals surface area contributed by atoms with Crippen molar-refractivity contribution in [2.75, 3.05) is 0 Å². The molecule has 2 aromatic rings. The van der Waals surface area contributed by atoms with E-state index in [-0.39, 0.29) is 32.9 Å². The fraction of sp³-hybridized carbons (Fsp3) is 0.273. The van der Waals surface area contributed by atoms with Gasteiger partial charge >= 0.3 is 0 Å². The van der Waals surface area contributed by atoms with Crippen LogP contribution in [0.2, 0.25) is 10.0 Å². The van der Waals surface area contributed by atoms with E-state index in [1.807, 2.05) is 0 Å². The Balaban J connectivity index is 2.29. The predicted molar refractivity (Wildman–Crippen MR) is 75.4 cm³/mol. The Bertz CT molecular complexity index is 761. The van der Waals surface area contributed by atoms with Crippen molar-refractivity contribution in [3.63, 3.8) is 0 Å². The van der Waals surface area contributed by atoms with Crippen LogP contribution >= 0.6 is 23.2 Å². The van der Waals surface area contributed by atoms with Gasteiger partial charge in [0.05, 0.1) is 18.2 Å². The monoisotopic (exact) mass is 351 g/mol. The maximum Gasteiger partial charge on any atom is 0.242 e. The molecule has 10 heteroatoms. The summed E-state index contributed by atoms with van der Waals surface area (Å²) in [5.74, 6) is 0.518. The highest BCUT2D eigenvalue weighted by Crippen LogP contribution is 2.29. The van der Waals surface area contributed by atoms with Gasteiger partial charge in [0.1, 0.15) is 4.90 Å². The average Bonchev–Trinajstić information content (AvgIpc) is 2.84. The first kappa shape index (κ1) is 16.2. The number of rotatable bonds is 5. The summed E-state index contributed by atoms with van der Waals surface area (Å²) in [6.45, 7) is 1.01. The van der Waals surface area contributed by atoms with Gasteiger partial charge < -0.3 is 9.63 Å². The van der Waals surface area contributed by atoms with Crippen LogP contribution in [-0.2, 0) is 23.2 Å². The molecule has 0 aliphatic rings. The highest BCUT2D eigenvalue weighted by atomic mass is 35.5. The fourth-order valence-corrected chi connectivity index (χ4v) is 3.47. The van der Waals surface area contributed by atoms with Crippen LogP contribution in [0.1, 0.15) is 17.3 Å². The molecule has 1 aromatic carbocycles. The number of benzene rings is 1. The second-order valence-electron chi connectivity index (χ2n) is 4.10. The fourth-order valence-electron chi connectivity index (χ4n) is 1.58. The number of aliphatic hydroxyl groups excluding tert-OH is 1. The molecule has 0 atom stereocenters. The van der Waals surface area contributed by atoms with Gasteiger partial charge in [-0.05, 0) is 24.6 Å². The van der Waals surface area contributed by atoms with Crippen LogP contribution < -0.4 is 4.72 Å². The van der Waals surface area contributed by atoms with Crippen molar-refractivity contribution < 1.29 is 18.0 Å². The maximum absolute atomic E-state index is 12.2. The quantitative estimate of drug-likeness (QED) is 0.848. The van der Waals surface area contributed by atoms with Crippen LogP contribution in [0.15, 0.2) is 21.6 Å². The zero-order valence-electron chi connectivity index (χ0n) is 10.8. The van der Waals surface area contributed by atoms with Crippen molar-refractivity contribution in [1.29, 1.82) is 0 Å². The second kappa shape index (κ2) is 6.29. The number of aromatic nitrogens is 2. The maximum atomic E-state index is 12.2. The van der Waals surface area contributed by atoms with Crippen LogP contribution in [-0.4, -0.2) is 23.7 Å². The van der Waals surface area contributed by atoms with E-state index in [9.17, 15) is 8.42 Å². The predicted octanol–water partition coefficient (Wildman–Crippen LogP) is 1.66. The van der Waals surface area contributed by atoms with E-state index in [0.29, 0.717) is 5.82 Å². The Labute approximate surface area is 130 Å². The van der Waals surface area contributed by atoms with Gasteiger partial charge in [0.2, 0.25) is 15.9 Å². The van der Waals surface area contributed by atoms with Crippen molar-refractivity contribution in [1.82, 2.24) is 14.9 Å². The first-order chi connectivity index (χ1) is 9.83. The van der Waals surface area contributed by atoms with Crippen LogP contribution in [0.25, 0.3) is 0 Å². The minimum Gasteiger partial charge on any atom is -0.392 e. The molecule has 0 bridgehead atoms. The van der Waals surface area contributed by atoms with E-state index in [4.69, 9.17) is 32.8 Å². The molecule has 2 N–H and O–H groups in total. The number of halogens is 2. The lowest BCUT2D eigenvalue weighted by atomic mass is 10.2. The van der Waals surface area contributed by atoms with E-state index in [1.165, 1.54) is 12.1 Å². The standard InChI is InChI=1S/C11H11Cl2N3O4S/c1-6-15-10(20-16-6)4-14-21(18,19)9-3-8(12)2-7(5-17)11(9)13/h2-3,14,17H,4-5H2,1H3. The lowest BCUT2D eigenvalue weighted by Crippen LogP contribution is -2.24. The molecule has 1 aromatic heterocycles. The zero-order chi connectivity index (χ0) is 15.6. The second-order valence-corrected chi connectivity index (χ2v) is 6.64. The first-order valence-electron chi connectivity index (χ1n) is 5.71. The van der Waals surface area contributed by atoms with Gasteiger partial charge in [-0.3, -0.25) is 0 Å². The molecule has 0 radical (unpaired) electrons. The van der Waals surface area contributed by atoms with Crippen molar-refractivity contribution in [2.24, 2.45) is 0 Å². The number of hydrogen-bond acceptors (Lipinski definition) is 6. The molecule has 0 fully saturated rings. The van der Waals surface area contributed by atoms with Gasteiger partial charge in [-0.2, -0.15) is 4.98 Å². The van der Waals surface area contributed by atoms with E-state index >= 15 is 0 Å². The van der Waals surface area contributed by atoms with Crippen molar-refractivity contribution in [3.05, 3.63) is 39.5 Å². The molecule has 0 spiro atoms. The molecule has 7 nitrogen and oxygen atoms in total. The van der Waals surface area contributed by atoms with E-state index < -0.39 is 16.6 Å². The smallest absolute Gasteiger partial charge is 0.242 e. The number of nitrogens with one attached hydrogen (secondary N) is 1. The van der Waals surface area contributed by atoms with Gasteiger partial charge in [-0.25, -0.2) is 13.1 Å². The summed E-state index contributed by atoms with van der Waals surface area (Å²) in [4.78, 5) is 3.65. The summed E-state index contributed by atoms with van der Waals surface area (Å²) < 4.78 is 31.5. The third-order valence-corrected chi connectivity index (χ3v) is 4.72. The summed E-state index contributed by atoms with van der Waals surface area (Å²) in [5, 5.41) is 12.8. The lowest BCUT2D eigenvalue weighted by Gasteiger charge is -2.10. The number of aliphatic hydroxyl groups is 1. The molecule has 0 amide bonds. The Hall–Kier alpha value is -1.19.